The van der Waals surface area contributed by atoms with Crippen molar-refractivity contribution >= 4 is 53.0 Å². The minimum atomic E-state index is -0.713. The number of benzene rings is 1. The number of hydrogen-bond acceptors (Lipinski definition) is 6. The number of anilines is 1. The van der Waals surface area contributed by atoms with Gasteiger partial charge in [0.1, 0.15) is 11.9 Å². The van der Waals surface area contributed by atoms with Crippen molar-refractivity contribution in [2.24, 2.45) is 12.5 Å². The SMILES string of the molecule is CC1=C(C2(C(=O)O)CC2)SC2C=C(C#Cc3cnn(C)c3NC(=O)OC(C)c3ccccc3Cl)SC12. The van der Waals surface area contributed by atoms with Crippen LogP contribution in [0.2, 0.25) is 5.02 Å². The zero-order chi connectivity index (χ0) is 25.6. The number of aromatic nitrogens is 2. The average Bonchev–Trinajstić information content (AvgIpc) is 3.32. The molecule has 3 aliphatic rings. The van der Waals surface area contributed by atoms with Gasteiger partial charge in [-0.2, -0.15) is 5.10 Å². The summed E-state index contributed by atoms with van der Waals surface area (Å²) in [4.78, 5) is 26.3. The van der Waals surface area contributed by atoms with Crippen LogP contribution in [0.1, 0.15) is 43.9 Å². The molecule has 7 nitrogen and oxygen atoms in total. The van der Waals surface area contributed by atoms with E-state index in [1.54, 1.807) is 49.8 Å². The van der Waals surface area contributed by atoms with Gasteiger partial charge in [0.25, 0.3) is 0 Å². The van der Waals surface area contributed by atoms with Crippen molar-refractivity contribution in [3.8, 4) is 11.8 Å². The number of halogens is 1. The number of carboxylic acid groups (broad SMARTS) is 1. The molecule has 2 N–H and O–H groups in total. The molecule has 3 unspecified atom stereocenters. The third-order valence-electron chi connectivity index (χ3n) is 6.61. The molecule has 3 atom stereocenters. The Morgan fingerprint density at radius 2 is 2.06 bits per heavy atom. The van der Waals surface area contributed by atoms with E-state index in [1.165, 1.54) is 4.68 Å². The zero-order valence-electron chi connectivity index (χ0n) is 19.9. The number of rotatable bonds is 5. The first-order valence-electron chi connectivity index (χ1n) is 11.5. The van der Waals surface area contributed by atoms with E-state index in [-0.39, 0.29) is 10.5 Å². The van der Waals surface area contributed by atoms with Crippen molar-refractivity contribution in [2.75, 3.05) is 5.32 Å². The van der Waals surface area contributed by atoms with E-state index in [9.17, 15) is 14.7 Å². The van der Waals surface area contributed by atoms with Crippen molar-refractivity contribution in [1.29, 1.82) is 0 Å². The van der Waals surface area contributed by atoms with Gasteiger partial charge in [-0.25, -0.2) is 4.79 Å². The fourth-order valence-electron chi connectivity index (χ4n) is 4.45. The fraction of sp³-hybridized carbons (Fsp3) is 0.346. The van der Waals surface area contributed by atoms with E-state index in [0.29, 0.717) is 16.4 Å². The number of carboxylic acids is 1. The second-order valence-corrected chi connectivity index (χ2v) is 11.8. The van der Waals surface area contributed by atoms with Gasteiger partial charge in [-0.3, -0.25) is 14.8 Å². The molecular weight excluding hydrogens is 518 g/mol. The van der Waals surface area contributed by atoms with Crippen LogP contribution < -0.4 is 5.32 Å². The summed E-state index contributed by atoms with van der Waals surface area (Å²) in [6, 6.07) is 7.22. The molecule has 1 aromatic heterocycles. The second-order valence-electron chi connectivity index (χ2n) is 9.03. The van der Waals surface area contributed by atoms with Crippen molar-refractivity contribution in [1.82, 2.24) is 9.78 Å². The summed E-state index contributed by atoms with van der Waals surface area (Å²) >= 11 is 9.54. The molecular formula is C26H24ClN3O4S2. The Morgan fingerprint density at radius 3 is 2.72 bits per heavy atom. The van der Waals surface area contributed by atoms with Gasteiger partial charge >= 0.3 is 12.1 Å². The number of fused-ring (bicyclic) bond motifs is 1. The molecule has 0 radical (unpaired) electrons. The Hall–Kier alpha value is -2.80. The van der Waals surface area contributed by atoms with Crippen LogP contribution in [0.3, 0.4) is 0 Å². The number of thioether (sulfide) groups is 2. The van der Waals surface area contributed by atoms with Gasteiger partial charge in [-0.05, 0) is 44.4 Å². The number of allylic oxidation sites excluding steroid dienone is 1. The third-order valence-corrected chi connectivity index (χ3v) is 10.1. The predicted octanol–water partition coefficient (Wildman–Crippen LogP) is 5.99. The number of carbonyl (C=O) groups is 2. The van der Waals surface area contributed by atoms with Crippen LogP contribution in [0.15, 0.2) is 51.9 Å². The van der Waals surface area contributed by atoms with Crippen LogP contribution in [0.25, 0.3) is 0 Å². The molecule has 0 bridgehead atoms. The van der Waals surface area contributed by atoms with Crippen molar-refractivity contribution in [2.45, 2.75) is 43.3 Å². The molecule has 0 spiro atoms. The number of carbonyl (C=O) groups excluding carboxylic acids is 1. The van der Waals surface area contributed by atoms with Crippen molar-refractivity contribution in [3.63, 3.8) is 0 Å². The molecule has 1 amide bonds. The maximum Gasteiger partial charge on any atom is 0.413 e. The standard InChI is InChI=1S/C26H24ClN3O4S2/c1-14-21-20(36-22(14)26(10-11-26)24(31)32)12-17(35-21)9-8-16-13-28-30(3)23(16)29-25(33)34-15(2)18-6-4-5-7-19(18)27/h4-7,12-13,15,20-21H,10-11H2,1-3H3,(H,29,33)(H,31,32). The van der Waals surface area contributed by atoms with Gasteiger partial charge in [0.05, 0.1) is 22.1 Å². The normalized spacial score (nSPS) is 22.3. The molecule has 36 heavy (non-hydrogen) atoms. The molecule has 1 aliphatic carbocycles. The second kappa shape index (κ2) is 9.58. The number of ether oxygens (including phenoxy) is 1. The van der Waals surface area contributed by atoms with E-state index >= 15 is 0 Å². The van der Waals surface area contributed by atoms with Crippen LogP contribution in [-0.4, -0.2) is 37.4 Å². The van der Waals surface area contributed by atoms with E-state index in [4.69, 9.17) is 16.3 Å². The molecule has 0 saturated heterocycles. The van der Waals surface area contributed by atoms with Gasteiger partial charge < -0.3 is 9.84 Å². The molecule has 1 aromatic carbocycles. The van der Waals surface area contributed by atoms with Gasteiger partial charge in [0.2, 0.25) is 0 Å². The lowest BCUT2D eigenvalue weighted by Crippen LogP contribution is -2.18. The van der Waals surface area contributed by atoms with E-state index < -0.39 is 23.6 Å². The number of aryl methyl sites for hydroxylation is 1. The highest BCUT2D eigenvalue weighted by Gasteiger charge is 2.57. The highest BCUT2D eigenvalue weighted by Crippen LogP contribution is 2.64. The molecule has 10 heteroatoms. The molecule has 2 aliphatic heterocycles. The third kappa shape index (κ3) is 4.54. The summed E-state index contributed by atoms with van der Waals surface area (Å²) in [5.74, 6) is 6.04. The molecule has 5 rings (SSSR count). The molecule has 3 heterocycles. The van der Waals surface area contributed by atoms with E-state index in [0.717, 1.165) is 33.8 Å². The Morgan fingerprint density at radius 1 is 1.31 bits per heavy atom. The smallest absolute Gasteiger partial charge is 0.413 e. The Kier molecular flexibility index (Phi) is 6.62. The topological polar surface area (TPSA) is 93.5 Å². The molecule has 1 fully saturated rings. The Bertz CT molecular complexity index is 1380. The van der Waals surface area contributed by atoms with Gasteiger partial charge in [-0.15, -0.1) is 23.5 Å². The van der Waals surface area contributed by atoms with Crippen LogP contribution in [0.4, 0.5) is 10.6 Å². The lowest BCUT2D eigenvalue weighted by molar-refractivity contribution is -0.141. The van der Waals surface area contributed by atoms with Gasteiger partial charge in [0.15, 0.2) is 0 Å². The summed E-state index contributed by atoms with van der Waals surface area (Å²) in [7, 11) is 1.72. The molecule has 1 saturated carbocycles. The minimum absolute atomic E-state index is 0.193. The maximum atomic E-state index is 12.6. The molecule has 186 valence electrons. The minimum Gasteiger partial charge on any atom is -0.481 e. The van der Waals surface area contributed by atoms with E-state index in [1.807, 2.05) is 25.1 Å². The number of nitrogens with zero attached hydrogens (tertiary/aromatic N) is 2. The monoisotopic (exact) mass is 541 g/mol. The first kappa shape index (κ1) is 24.9. The maximum absolute atomic E-state index is 12.6. The lowest BCUT2D eigenvalue weighted by Gasteiger charge is -2.15. The zero-order valence-corrected chi connectivity index (χ0v) is 22.3. The largest absolute Gasteiger partial charge is 0.481 e. The average molecular weight is 542 g/mol. The van der Waals surface area contributed by atoms with Crippen LogP contribution in [0, 0.1) is 17.3 Å². The van der Waals surface area contributed by atoms with Crippen molar-refractivity contribution in [3.05, 3.63) is 68.1 Å². The summed E-state index contributed by atoms with van der Waals surface area (Å²) in [5.41, 5.74) is 1.79. The fourth-order valence-corrected chi connectivity index (χ4v) is 7.99. The number of aliphatic carboxylic acids is 1. The lowest BCUT2D eigenvalue weighted by atomic mass is 10.0. The van der Waals surface area contributed by atoms with Crippen LogP contribution in [-0.2, 0) is 16.6 Å². The van der Waals surface area contributed by atoms with E-state index in [2.05, 4.69) is 28.3 Å². The summed E-state index contributed by atoms with van der Waals surface area (Å²) in [6.07, 6.45) is 4.00. The first-order chi connectivity index (χ1) is 17.2. The molecule has 2 aromatic rings. The highest BCUT2D eigenvalue weighted by atomic mass is 35.5. The highest BCUT2D eigenvalue weighted by molar-refractivity contribution is 8.09. The number of nitrogens with one attached hydrogen (secondary N) is 1. The van der Waals surface area contributed by atoms with Gasteiger partial charge in [0, 0.05) is 33.0 Å². The predicted molar refractivity (Wildman–Crippen MR) is 143 cm³/mol. The van der Waals surface area contributed by atoms with Crippen LogP contribution in [0.5, 0.6) is 0 Å². The quantitative estimate of drug-likeness (QED) is 0.449. The van der Waals surface area contributed by atoms with Crippen molar-refractivity contribution < 1.29 is 19.4 Å². The first-order valence-corrected chi connectivity index (χ1v) is 13.6. The Labute approximate surface area is 222 Å². The number of amides is 1. The Balaban J connectivity index is 1.25. The summed E-state index contributed by atoms with van der Waals surface area (Å²) in [5, 5.41) is 17.6. The van der Waals surface area contributed by atoms with Crippen LogP contribution >= 0.6 is 35.1 Å². The summed E-state index contributed by atoms with van der Waals surface area (Å²) in [6.45, 7) is 3.80. The van der Waals surface area contributed by atoms with Gasteiger partial charge in [-0.1, -0.05) is 41.6 Å². The summed E-state index contributed by atoms with van der Waals surface area (Å²) < 4.78 is 7.05. The number of hydrogen-bond donors (Lipinski definition) is 2.